The maximum atomic E-state index is 14.1. The molecule has 2 aromatic rings. The van der Waals surface area contributed by atoms with Crippen LogP contribution >= 0.6 is 0 Å². The van der Waals surface area contributed by atoms with Gasteiger partial charge in [-0.3, -0.25) is 57.5 Å². The van der Waals surface area contributed by atoms with E-state index >= 15 is 0 Å². The van der Waals surface area contributed by atoms with Crippen LogP contribution in [-0.2, 0) is 75.2 Å². The molecule has 0 bridgehead atoms. The minimum absolute atomic E-state index is 0.0194. The second kappa shape index (κ2) is 38.5. The molecule has 2 rings (SSSR count). The molecule has 0 aliphatic rings. The molecule has 20 N–H and O–H groups in total. The van der Waals surface area contributed by atoms with E-state index in [2.05, 4.69) is 53.2 Å². The number of phenols is 2. The fourth-order valence-electron chi connectivity index (χ4n) is 8.96. The van der Waals surface area contributed by atoms with Gasteiger partial charge in [0.15, 0.2) is 0 Å². The Bertz CT molecular complexity index is 2790. The third-order valence-corrected chi connectivity index (χ3v) is 14.9. The zero-order chi connectivity index (χ0) is 68.1. The Hall–Kier alpha value is -8.93. The highest BCUT2D eigenvalue weighted by Gasteiger charge is 2.37. The molecular weight excluding hydrogens is 1170 g/mol. The number of hydrogen-bond acceptors (Lipinski definition) is 17. The van der Waals surface area contributed by atoms with E-state index in [4.69, 9.17) is 17.2 Å². The van der Waals surface area contributed by atoms with Gasteiger partial charge < -0.3 is 90.8 Å². The molecule has 11 amide bonds. The SMILES string of the molecule is CC[C@H](C)[C@H](NC(=O)[C@H](CCCCN)NC(=O)[C@@H](NC(=O)[C@H](C)NC(=O)[C@H](CCC(=O)O)NC(=O)[C@@H](NC(=O)CNC(=O)[C@H](Cc1ccc(O)cc1)NC(=O)[C@@H](NC(=O)[C@H](CC(N)=O)NC(=O)[C@@H](N)Cc1ccc(O)cc1)C(C)C)[C@@H](C)CC)C(C)C)C(=O)O. The molecule has 0 radical (unpaired) electrons. The maximum Gasteiger partial charge on any atom is 0.326 e. The number of primary amides is 1. The van der Waals surface area contributed by atoms with E-state index in [1.807, 2.05) is 0 Å². The number of hydrogen-bond donors (Lipinski definition) is 17. The number of carbonyl (C=O) groups is 13. The van der Waals surface area contributed by atoms with Gasteiger partial charge in [0.05, 0.1) is 19.0 Å². The van der Waals surface area contributed by atoms with E-state index in [0.29, 0.717) is 30.4 Å². The predicted molar refractivity (Wildman–Crippen MR) is 327 cm³/mol. The van der Waals surface area contributed by atoms with Crippen LogP contribution in [0.1, 0.15) is 125 Å². The molecule has 0 aliphatic carbocycles. The second-order valence-electron chi connectivity index (χ2n) is 23.0. The second-order valence-corrected chi connectivity index (χ2v) is 23.0. The molecule has 30 heteroatoms. The number of unbranched alkanes of at least 4 members (excludes halogenated alkanes) is 1. The summed E-state index contributed by atoms with van der Waals surface area (Å²) < 4.78 is 0. The van der Waals surface area contributed by atoms with Crippen LogP contribution in [0.2, 0.25) is 0 Å². The number of nitrogens with two attached hydrogens (primary N) is 3. The first-order chi connectivity index (χ1) is 42.2. The highest BCUT2D eigenvalue weighted by molar-refractivity contribution is 5.99. The van der Waals surface area contributed by atoms with E-state index in [-0.39, 0.29) is 43.7 Å². The number of aliphatic carboxylic acids is 2. The van der Waals surface area contributed by atoms with Crippen molar-refractivity contribution in [2.75, 3.05) is 13.1 Å². The van der Waals surface area contributed by atoms with Crippen molar-refractivity contribution in [3.05, 3.63) is 59.7 Å². The van der Waals surface area contributed by atoms with Crippen LogP contribution in [0.25, 0.3) is 0 Å². The number of phenolic OH excluding ortho intramolecular Hbond substituents is 2. The van der Waals surface area contributed by atoms with Crippen molar-refractivity contribution < 1.29 is 82.8 Å². The lowest BCUT2D eigenvalue weighted by Crippen LogP contribution is -2.61. The minimum atomic E-state index is -1.62. The third-order valence-electron chi connectivity index (χ3n) is 14.9. The lowest BCUT2D eigenvalue weighted by atomic mass is 9.97. The fourth-order valence-corrected chi connectivity index (χ4v) is 8.96. The van der Waals surface area contributed by atoms with Crippen molar-refractivity contribution in [2.45, 2.75) is 187 Å². The zero-order valence-electron chi connectivity index (χ0n) is 52.5. The highest BCUT2D eigenvalue weighted by Crippen LogP contribution is 2.16. The summed E-state index contributed by atoms with van der Waals surface area (Å²) >= 11 is 0. The summed E-state index contributed by atoms with van der Waals surface area (Å²) in [4.78, 5) is 173. The van der Waals surface area contributed by atoms with Gasteiger partial charge in [-0.2, -0.15) is 0 Å². The van der Waals surface area contributed by atoms with E-state index < -0.39 is 187 Å². The smallest absolute Gasteiger partial charge is 0.326 e. The topological polar surface area (TPSA) is 501 Å². The number of carboxylic acid groups (broad SMARTS) is 2. The van der Waals surface area contributed by atoms with Crippen molar-refractivity contribution in [1.82, 2.24) is 53.2 Å². The molecule has 2 aromatic carbocycles. The van der Waals surface area contributed by atoms with Crippen LogP contribution in [0.4, 0.5) is 0 Å². The quantitative estimate of drug-likeness (QED) is 0.0323. The summed E-state index contributed by atoms with van der Waals surface area (Å²) in [6.07, 6.45) is -0.455. The van der Waals surface area contributed by atoms with Crippen molar-refractivity contribution in [3.8, 4) is 11.5 Å². The van der Waals surface area contributed by atoms with Crippen LogP contribution in [0, 0.1) is 23.7 Å². The molecule has 0 saturated carbocycles. The molecule has 0 saturated heterocycles. The van der Waals surface area contributed by atoms with Gasteiger partial charge in [0.25, 0.3) is 0 Å². The van der Waals surface area contributed by atoms with Crippen molar-refractivity contribution in [2.24, 2.45) is 40.9 Å². The molecular formula is C60H93N13O17. The molecule has 0 fully saturated rings. The fraction of sp³-hybridized carbons (Fsp3) is 0.583. The predicted octanol–water partition coefficient (Wildman–Crippen LogP) is -1.93. The number of benzene rings is 2. The Morgan fingerprint density at radius 1 is 0.467 bits per heavy atom. The van der Waals surface area contributed by atoms with Gasteiger partial charge in [0, 0.05) is 12.8 Å². The monoisotopic (exact) mass is 1270 g/mol. The van der Waals surface area contributed by atoms with E-state index in [1.54, 1.807) is 55.4 Å². The molecule has 0 aliphatic heterocycles. The molecule has 0 spiro atoms. The zero-order valence-corrected chi connectivity index (χ0v) is 52.5. The summed E-state index contributed by atoms with van der Waals surface area (Å²) in [6.45, 7) is 13.7. The Labute approximate surface area is 523 Å². The van der Waals surface area contributed by atoms with Gasteiger partial charge in [0.1, 0.15) is 65.9 Å². The number of rotatable bonds is 40. The van der Waals surface area contributed by atoms with Crippen molar-refractivity contribution >= 4 is 76.9 Å². The Balaban J connectivity index is 2.30. The molecule has 0 heterocycles. The van der Waals surface area contributed by atoms with Crippen LogP contribution < -0.4 is 70.4 Å². The number of amides is 11. The number of nitrogens with one attached hydrogen (secondary N) is 10. The molecule has 90 heavy (non-hydrogen) atoms. The van der Waals surface area contributed by atoms with E-state index in [1.165, 1.54) is 55.5 Å². The van der Waals surface area contributed by atoms with Crippen LogP contribution in [0.3, 0.4) is 0 Å². The minimum Gasteiger partial charge on any atom is -0.508 e. The van der Waals surface area contributed by atoms with Gasteiger partial charge in [-0.05, 0) is 105 Å². The Kier molecular flexibility index (Phi) is 33.0. The largest absolute Gasteiger partial charge is 0.508 e. The van der Waals surface area contributed by atoms with Crippen LogP contribution in [0.5, 0.6) is 11.5 Å². The third kappa shape index (κ3) is 26.8. The van der Waals surface area contributed by atoms with E-state index in [0.717, 1.165) is 0 Å². The highest BCUT2D eigenvalue weighted by atomic mass is 16.4. The van der Waals surface area contributed by atoms with Crippen LogP contribution in [-0.4, -0.2) is 171 Å². The van der Waals surface area contributed by atoms with Crippen molar-refractivity contribution in [3.63, 3.8) is 0 Å². The first-order valence-electron chi connectivity index (χ1n) is 30.0. The summed E-state index contributed by atoms with van der Waals surface area (Å²) in [6, 6.07) is -2.54. The van der Waals surface area contributed by atoms with Gasteiger partial charge in [-0.15, -0.1) is 0 Å². The van der Waals surface area contributed by atoms with Gasteiger partial charge in [0.2, 0.25) is 65.0 Å². The normalized spacial score (nSPS) is 15.2. The van der Waals surface area contributed by atoms with Gasteiger partial charge in [-0.1, -0.05) is 92.5 Å². The molecule has 500 valence electrons. The standard InChI is InChI=1S/C60H93N13O17/c1-10-32(7)49(59(88)67-41(23-24-46(78)79)54(83)65-34(9)51(80)71-47(30(3)4)57(86)66-40(14-12-13-25-61)55(84)73-50(60(89)90)33(8)11-2)70-45(77)29-64-53(82)42(27-36-17-21-38(75)22-18-36)69-58(87)48(31(5)6)72-56(85)43(28-44(63)76)68-52(81)39(62)26-35-15-19-37(74)20-16-35/h15-22,30-34,39-43,47-50,74-75H,10-14,23-29,61-62H2,1-9H3,(H2,63,76)(H,64,82)(H,65,83)(H,66,86)(H,67,88)(H,68,81)(H,69,87)(H,70,77)(H,71,80)(H,72,85)(H,73,84)(H,78,79)(H,89,90)/t32-,33-,34-,39-,40-,41-,42-,43-,47-,48-,49-,50-/m0/s1. The Morgan fingerprint density at radius 2 is 0.900 bits per heavy atom. The first-order valence-corrected chi connectivity index (χ1v) is 30.0. The average molecular weight is 1270 g/mol. The molecule has 0 aromatic heterocycles. The number of carboxylic acids is 2. The summed E-state index contributed by atoms with van der Waals surface area (Å²) in [7, 11) is 0. The summed E-state index contributed by atoms with van der Waals surface area (Å²) in [5, 5.41) is 63.9. The van der Waals surface area contributed by atoms with Gasteiger partial charge >= 0.3 is 11.9 Å². The summed E-state index contributed by atoms with van der Waals surface area (Å²) in [5.74, 6) is -15.2. The first kappa shape index (κ1) is 77.2. The maximum absolute atomic E-state index is 14.1. The lowest BCUT2D eigenvalue weighted by Gasteiger charge is -2.29. The lowest BCUT2D eigenvalue weighted by molar-refractivity contribution is -0.144. The van der Waals surface area contributed by atoms with Crippen LogP contribution in [0.15, 0.2) is 48.5 Å². The summed E-state index contributed by atoms with van der Waals surface area (Å²) in [5.41, 5.74) is 18.2. The van der Waals surface area contributed by atoms with Gasteiger partial charge in [-0.25, -0.2) is 4.79 Å². The Morgan fingerprint density at radius 3 is 1.38 bits per heavy atom. The van der Waals surface area contributed by atoms with Crippen molar-refractivity contribution in [1.29, 1.82) is 0 Å². The molecule has 12 atom stereocenters. The average Bonchev–Trinajstić information content (AvgIpc) is 1.99. The molecule has 30 nitrogen and oxygen atoms in total. The molecule has 0 unspecified atom stereocenters. The van der Waals surface area contributed by atoms with E-state index in [9.17, 15) is 82.8 Å². The number of aromatic hydroxyl groups is 2. The number of carbonyl (C=O) groups excluding carboxylic acids is 11.